The molecule has 0 aliphatic heterocycles. The summed E-state index contributed by atoms with van der Waals surface area (Å²) in [5.41, 5.74) is 2.99. The lowest BCUT2D eigenvalue weighted by atomic mass is 10.3. The van der Waals surface area contributed by atoms with E-state index in [2.05, 4.69) is 27.6 Å². The normalized spacial score (nSPS) is 10.9. The number of rotatable bonds is 6. The largest absolute Gasteiger partial charge is 0.351 e. The van der Waals surface area contributed by atoms with Crippen molar-refractivity contribution in [1.82, 2.24) is 25.2 Å². The SMILES string of the molecule is CCCNCCNC(=O)c1cnn2c(C)cc(C)nc12. The van der Waals surface area contributed by atoms with Crippen LogP contribution >= 0.6 is 0 Å². The van der Waals surface area contributed by atoms with Crippen LogP contribution in [0.5, 0.6) is 0 Å². The maximum absolute atomic E-state index is 12.1. The number of hydrogen-bond donors (Lipinski definition) is 2. The molecule has 0 aliphatic carbocycles. The van der Waals surface area contributed by atoms with Crippen LogP contribution < -0.4 is 10.6 Å². The first-order chi connectivity index (χ1) is 9.63. The summed E-state index contributed by atoms with van der Waals surface area (Å²) in [6.45, 7) is 8.31. The van der Waals surface area contributed by atoms with E-state index in [-0.39, 0.29) is 5.91 Å². The molecule has 2 heterocycles. The highest BCUT2D eigenvalue weighted by Gasteiger charge is 2.14. The molecule has 6 heteroatoms. The number of hydrogen-bond acceptors (Lipinski definition) is 4. The Morgan fingerprint density at radius 3 is 2.85 bits per heavy atom. The molecule has 6 nitrogen and oxygen atoms in total. The molecule has 0 radical (unpaired) electrons. The summed E-state index contributed by atoms with van der Waals surface area (Å²) in [6, 6.07) is 1.94. The summed E-state index contributed by atoms with van der Waals surface area (Å²) in [7, 11) is 0. The summed E-state index contributed by atoms with van der Waals surface area (Å²) in [5.74, 6) is -0.129. The van der Waals surface area contributed by atoms with Gasteiger partial charge in [0.25, 0.3) is 5.91 Å². The summed E-state index contributed by atoms with van der Waals surface area (Å²) in [4.78, 5) is 16.5. The molecule has 0 aliphatic rings. The quantitative estimate of drug-likeness (QED) is 0.774. The van der Waals surface area contributed by atoms with Gasteiger partial charge in [0.15, 0.2) is 5.65 Å². The molecule has 0 saturated carbocycles. The Hall–Kier alpha value is -1.95. The number of carbonyl (C=O) groups is 1. The zero-order chi connectivity index (χ0) is 14.5. The maximum atomic E-state index is 12.1. The van der Waals surface area contributed by atoms with E-state index in [1.165, 1.54) is 0 Å². The Morgan fingerprint density at radius 2 is 2.10 bits per heavy atom. The number of aromatic nitrogens is 3. The molecular formula is C14H21N5O. The number of amides is 1. The summed E-state index contributed by atoms with van der Waals surface area (Å²) in [6.07, 6.45) is 2.66. The van der Waals surface area contributed by atoms with Gasteiger partial charge in [0.2, 0.25) is 0 Å². The second kappa shape index (κ2) is 6.47. The molecule has 2 N–H and O–H groups in total. The first-order valence-electron chi connectivity index (χ1n) is 6.94. The molecule has 108 valence electrons. The van der Waals surface area contributed by atoms with Crippen LogP contribution in [0, 0.1) is 13.8 Å². The van der Waals surface area contributed by atoms with Crippen molar-refractivity contribution in [2.24, 2.45) is 0 Å². The fourth-order valence-corrected chi connectivity index (χ4v) is 2.09. The first kappa shape index (κ1) is 14.5. The van der Waals surface area contributed by atoms with Crippen LogP contribution in [0.4, 0.5) is 0 Å². The van der Waals surface area contributed by atoms with Crippen LogP contribution in [-0.2, 0) is 0 Å². The van der Waals surface area contributed by atoms with Gasteiger partial charge in [-0.25, -0.2) is 9.50 Å². The fraction of sp³-hybridized carbons (Fsp3) is 0.500. The van der Waals surface area contributed by atoms with Gasteiger partial charge in [0, 0.05) is 24.5 Å². The number of aryl methyl sites for hydroxylation is 2. The highest BCUT2D eigenvalue weighted by Crippen LogP contribution is 2.11. The first-order valence-corrected chi connectivity index (χ1v) is 6.94. The van der Waals surface area contributed by atoms with Gasteiger partial charge in [-0.2, -0.15) is 5.10 Å². The van der Waals surface area contributed by atoms with E-state index in [0.29, 0.717) is 17.8 Å². The molecule has 0 spiro atoms. The predicted molar refractivity (Wildman–Crippen MR) is 78.0 cm³/mol. The molecule has 0 unspecified atom stereocenters. The molecule has 2 rings (SSSR count). The van der Waals surface area contributed by atoms with Gasteiger partial charge in [0.05, 0.1) is 6.20 Å². The van der Waals surface area contributed by atoms with Crippen LogP contribution in [0.25, 0.3) is 5.65 Å². The van der Waals surface area contributed by atoms with Gasteiger partial charge in [0.1, 0.15) is 5.56 Å². The van der Waals surface area contributed by atoms with E-state index >= 15 is 0 Å². The highest BCUT2D eigenvalue weighted by atomic mass is 16.1. The molecule has 0 atom stereocenters. The molecule has 0 fully saturated rings. The van der Waals surface area contributed by atoms with Crippen molar-refractivity contribution in [3.63, 3.8) is 0 Å². The maximum Gasteiger partial charge on any atom is 0.256 e. The average molecular weight is 275 g/mol. The minimum absolute atomic E-state index is 0.129. The van der Waals surface area contributed by atoms with E-state index in [9.17, 15) is 4.79 Å². The molecule has 2 aromatic rings. The molecule has 0 aromatic carbocycles. The Bertz CT molecular complexity index is 605. The number of carbonyl (C=O) groups excluding carboxylic acids is 1. The van der Waals surface area contributed by atoms with E-state index in [1.54, 1.807) is 10.7 Å². The van der Waals surface area contributed by atoms with Crippen LogP contribution in [0.3, 0.4) is 0 Å². The van der Waals surface area contributed by atoms with Crippen molar-refractivity contribution in [2.45, 2.75) is 27.2 Å². The number of nitrogens with zero attached hydrogens (tertiary/aromatic N) is 3. The second-order valence-corrected chi connectivity index (χ2v) is 4.84. The predicted octanol–water partition coefficient (Wildman–Crippen LogP) is 1.08. The third-order valence-corrected chi connectivity index (χ3v) is 3.04. The van der Waals surface area contributed by atoms with Gasteiger partial charge in [-0.1, -0.05) is 6.92 Å². The third kappa shape index (κ3) is 3.14. The van der Waals surface area contributed by atoms with Crippen LogP contribution in [0.15, 0.2) is 12.3 Å². The number of fused-ring (bicyclic) bond motifs is 1. The van der Waals surface area contributed by atoms with E-state index in [4.69, 9.17) is 0 Å². The molecule has 20 heavy (non-hydrogen) atoms. The Labute approximate surface area is 118 Å². The minimum Gasteiger partial charge on any atom is -0.351 e. The summed E-state index contributed by atoms with van der Waals surface area (Å²) < 4.78 is 1.69. The van der Waals surface area contributed by atoms with E-state index < -0.39 is 0 Å². The summed E-state index contributed by atoms with van der Waals surface area (Å²) >= 11 is 0. The standard InChI is InChI=1S/C14H21N5O/c1-4-5-15-6-7-16-14(20)12-9-17-19-11(3)8-10(2)18-13(12)19/h8-9,15H,4-7H2,1-3H3,(H,16,20). The molecule has 0 saturated heterocycles. The average Bonchev–Trinajstić information content (AvgIpc) is 2.82. The van der Waals surface area contributed by atoms with Gasteiger partial charge in [-0.3, -0.25) is 4.79 Å². The molecule has 2 aromatic heterocycles. The highest BCUT2D eigenvalue weighted by molar-refractivity contribution is 5.99. The van der Waals surface area contributed by atoms with Gasteiger partial charge in [-0.15, -0.1) is 0 Å². The van der Waals surface area contributed by atoms with Gasteiger partial charge >= 0.3 is 0 Å². The lowest BCUT2D eigenvalue weighted by molar-refractivity contribution is 0.0955. The smallest absolute Gasteiger partial charge is 0.256 e. The van der Waals surface area contributed by atoms with Crippen molar-refractivity contribution in [3.05, 3.63) is 29.2 Å². The molecule has 1 amide bonds. The number of nitrogens with one attached hydrogen (secondary N) is 2. The monoisotopic (exact) mass is 275 g/mol. The Balaban J connectivity index is 2.07. The van der Waals surface area contributed by atoms with Crippen molar-refractivity contribution in [3.8, 4) is 0 Å². The zero-order valence-electron chi connectivity index (χ0n) is 12.2. The summed E-state index contributed by atoms with van der Waals surface area (Å²) in [5, 5.41) is 10.3. The van der Waals surface area contributed by atoms with Crippen LogP contribution in [0.2, 0.25) is 0 Å². The van der Waals surface area contributed by atoms with Crippen molar-refractivity contribution in [1.29, 1.82) is 0 Å². The lowest BCUT2D eigenvalue weighted by Gasteiger charge is -2.05. The zero-order valence-corrected chi connectivity index (χ0v) is 12.2. The van der Waals surface area contributed by atoms with Crippen molar-refractivity contribution >= 4 is 11.6 Å². The second-order valence-electron chi connectivity index (χ2n) is 4.84. The van der Waals surface area contributed by atoms with Crippen LogP contribution in [-0.4, -0.2) is 40.1 Å². The lowest BCUT2D eigenvalue weighted by Crippen LogP contribution is -2.32. The van der Waals surface area contributed by atoms with E-state index in [0.717, 1.165) is 30.9 Å². The van der Waals surface area contributed by atoms with E-state index in [1.807, 2.05) is 19.9 Å². The van der Waals surface area contributed by atoms with Gasteiger partial charge < -0.3 is 10.6 Å². The van der Waals surface area contributed by atoms with Crippen molar-refractivity contribution < 1.29 is 4.79 Å². The Morgan fingerprint density at radius 1 is 1.30 bits per heavy atom. The topological polar surface area (TPSA) is 71.3 Å². The van der Waals surface area contributed by atoms with Crippen molar-refractivity contribution in [2.75, 3.05) is 19.6 Å². The fourth-order valence-electron chi connectivity index (χ4n) is 2.09. The molecular weight excluding hydrogens is 254 g/mol. The molecule has 0 bridgehead atoms. The third-order valence-electron chi connectivity index (χ3n) is 3.04. The van der Waals surface area contributed by atoms with Crippen LogP contribution in [0.1, 0.15) is 35.1 Å². The van der Waals surface area contributed by atoms with Gasteiger partial charge in [-0.05, 0) is 32.9 Å². The minimum atomic E-state index is -0.129. The Kier molecular flexibility index (Phi) is 4.68.